The molecule has 0 fully saturated rings. The lowest BCUT2D eigenvalue weighted by Crippen LogP contribution is -2.17. The van der Waals surface area contributed by atoms with Gasteiger partial charge < -0.3 is 9.47 Å². The predicted molar refractivity (Wildman–Crippen MR) is 72.4 cm³/mol. The maximum Gasteiger partial charge on any atom is 0.573 e. The summed E-state index contributed by atoms with van der Waals surface area (Å²) in [7, 11) is 0. The number of hydrogen-bond acceptors (Lipinski definition) is 4. The predicted octanol–water partition coefficient (Wildman–Crippen LogP) is 4.49. The zero-order chi connectivity index (χ0) is 15.5. The minimum absolute atomic E-state index is 0.265. The van der Waals surface area contributed by atoms with Gasteiger partial charge in [0.25, 0.3) is 0 Å². The highest BCUT2D eigenvalue weighted by atomic mass is 32.1. The van der Waals surface area contributed by atoms with Crippen molar-refractivity contribution in [3.63, 3.8) is 0 Å². The van der Waals surface area contributed by atoms with Crippen LogP contribution in [0.25, 0.3) is 10.4 Å². The molecule has 0 aliphatic carbocycles. The van der Waals surface area contributed by atoms with Crippen molar-refractivity contribution in [1.82, 2.24) is 0 Å². The van der Waals surface area contributed by atoms with Crippen LogP contribution >= 0.6 is 11.3 Å². The van der Waals surface area contributed by atoms with E-state index < -0.39 is 12.3 Å². The first-order valence-electron chi connectivity index (χ1n) is 6.02. The normalized spacial score (nSPS) is 11.2. The lowest BCUT2D eigenvalue weighted by molar-refractivity contribution is -0.274. The molecule has 1 aromatic carbocycles. The van der Waals surface area contributed by atoms with E-state index in [0.29, 0.717) is 15.3 Å². The Morgan fingerprint density at radius 2 is 2.00 bits per heavy atom. The Balaban J connectivity index is 2.22. The van der Waals surface area contributed by atoms with Crippen LogP contribution in [-0.4, -0.2) is 18.9 Å². The molecule has 0 saturated carbocycles. The van der Waals surface area contributed by atoms with Crippen molar-refractivity contribution in [3.8, 4) is 16.2 Å². The summed E-state index contributed by atoms with van der Waals surface area (Å²) in [6.07, 6.45) is -4.73. The van der Waals surface area contributed by atoms with Crippen LogP contribution in [0, 0.1) is 0 Å². The molecule has 0 N–H and O–H groups in total. The van der Waals surface area contributed by atoms with E-state index in [2.05, 4.69) is 4.74 Å². The maximum absolute atomic E-state index is 12.2. The Labute approximate surface area is 122 Å². The van der Waals surface area contributed by atoms with E-state index in [-0.39, 0.29) is 12.4 Å². The van der Waals surface area contributed by atoms with Crippen molar-refractivity contribution in [1.29, 1.82) is 0 Å². The number of rotatable bonds is 4. The van der Waals surface area contributed by atoms with E-state index in [1.807, 2.05) is 0 Å². The van der Waals surface area contributed by atoms with Crippen LogP contribution in [-0.2, 0) is 4.74 Å². The number of ether oxygens (including phenoxy) is 2. The maximum atomic E-state index is 12.2. The van der Waals surface area contributed by atoms with Crippen LogP contribution in [0.1, 0.15) is 16.6 Å². The van der Waals surface area contributed by atoms with Crippen LogP contribution in [0.2, 0.25) is 0 Å². The second-order valence-corrected chi connectivity index (χ2v) is 5.04. The van der Waals surface area contributed by atoms with Gasteiger partial charge in [0.05, 0.1) is 6.61 Å². The second kappa shape index (κ2) is 6.17. The van der Waals surface area contributed by atoms with Crippen LogP contribution in [0.3, 0.4) is 0 Å². The van der Waals surface area contributed by atoms with Crippen LogP contribution < -0.4 is 4.74 Å². The number of alkyl halides is 3. The molecule has 1 heterocycles. The van der Waals surface area contributed by atoms with Gasteiger partial charge in [-0.2, -0.15) is 0 Å². The number of hydrogen-bond donors (Lipinski definition) is 0. The minimum atomic E-state index is -4.73. The van der Waals surface area contributed by atoms with Crippen molar-refractivity contribution >= 4 is 17.3 Å². The van der Waals surface area contributed by atoms with Crippen molar-refractivity contribution in [3.05, 3.63) is 41.3 Å². The summed E-state index contributed by atoms with van der Waals surface area (Å²) in [6.45, 7) is 1.96. The van der Waals surface area contributed by atoms with Crippen LogP contribution in [0.5, 0.6) is 5.75 Å². The summed E-state index contributed by atoms with van der Waals surface area (Å²) in [5, 5.41) is 0. The third kappa shape index (κ3) is 4.22. The molecule has 112 valence electrons. The molecule has 0 atom stereocenters. The van der Waals surface area contributed by atoms with Gasteiger partial charge in [-0.3, -0.25) is 0 Å². The molecule has 0 unspecified atom stereocenters. The van der Waals surface area contributed by atoms with Gasteiger partial charge in [-0.05, 0) is 36.8 Å². The van der Waals surface area contributed by atoms with Gasteiger partial charge in [0.1, 0.15) is 10.6 Å². The highest BCUT2D eigenvalue weighted by Gasteiger charge is 2.31. The summed E-state index contributed by atoms with van der Waals surface area (Å²) in [5.41, 5.74) is 0.539. The van der Waals surface area contributed by atoms with Crippen LogP contribution in [0.15, 0.2) is 36.4 Å². The molecule has 2 aromatic rings. The molecule has 7 heteroatoms. The number of halogens is 3. The summed E-state index contributed by atoms with van der Waals surface area (Å²) < 4.78 is 45.3. The lowest BCUT2D eigenvalue weighted by atomic mass is 10.2. The number of thiophene rings is 1. The molecule has 0 bridgehead atoms. The highest BCUT2D eigenvalue weighted by Crippen LogP contribution is 2.32. The molecule has 0 aliphatic rings. The standard InChI is InChI=1S/C14H11F3O3S/c1-2-19-13(18)12-7-6-11(21-12)9-4-3-5-10(8-9)20-14(15,16)17/h3-8H,2H2,1H3. The first kappa shape index (κ1) is 15.4. The summed E-state index contributed by atoms with van der Waals surface area (Å²) in [5.74, 6) is -0.748. The van der Waals surface area contributed by atoms with Gasteiger partial charge in [0.15, 0.2) is 0 Å². The third-order valence-electron chi connectivity index (χ3n) is 2.43. The number of carbonyl (C=O) groups excluding carboxylic acids is 1. The zero-order valence-electron chi connectivity index (χ0n) is 10.9. The fraction of sp³-hybridized carbons (Fsp3) is 0.214. The molecule has 3 nitrogen and oxygen atoms in total. The van der Waals surface area contributed by atoms with Gasteiger partial charge in [0.2, 0.25) is 0 Å². The third-order valence-corrected chi connectivity index (χ3v) is 3.55. The number of benzene rings is 1. The van der Waals surface area contributed by atoms with Crippen LogP contribution in [0.4, 0.5) is 13.2 Å². The van der Waals surface area contributed by atoms with Crippen molar-refractivity contribution in [2.45, 2.75) is 13.3 Å². The average Bonchev–Trinajstić information content (AvgIpc) is 2.87. The molecular weight excluding hydrogens is 305 g/mol. The molecular formula is C14H11F3O3S. The lowest BCUT2D eigenvalue weighted by Gasteiger charge is -2.09. The quantitative estimate of drug-likeness (QED) is 0.780. The second-order valence-electron chi connectivity index (χ2n) is 3.96. The van der Waals surface area contributed by atoms with E-state index in [1.165, 1.54) is 18.2 Å². The first-order valence-corrected chi connectivity index (χ1v) is 6.84. The van der Waals surface area contributed by atoms with E-state index in [1.54, 1.807) is 25.1 Å². The Kier molecular flexibility index (Phi) is 4.52. The molecule has 2 rings (SSSR count). The Morgan fingerprint density at radius 1 is 1.24 bits per heavy atom. The number of esters is 1. The average molecular weight is 316 g/mol. The fourth-order valence-electron chi connectivity index (χ4n) is 1.65. The first-order chi connectivity index (χ1) is 9.89. The Morgan fingerprint density at radius 3 is 2.67 bits per heavy atom. The van der Waals surface area contributed by atoms with E-state index in [9.17, 15) is 18.0 Å². The van der Waals surface area contributed by atoms with Gasteiger partial charge >= 0.3 is 12.3 Å². The van der Waals surface area contributed by atoms with E-state index in [0.717, 1.165) is 11.3 Å². The van der Waals surface area contributed by atoms with Crippen molar-refractivity contribution in [2.75, 3.05) is 6.61 Å². The van der Waals surface area contributed by atoms with E-state index >= 15 is 0 Å². The smallest absolute Gasteiger partial charge is 0.462 e. The Hall–Kier alpha value is -2.02. The minimum Gasteiger partial charge on any atom is -0.462 e. The molecule has 21 heavy (non-hydrogen) atoms. The van der Waals surface area contributed by atoms with Gasteiger partial charge in [-0.25, -0.2) is 4.79 Å². The monoisotopic (exact) mass is 316 g/mol. The van der Waals surface area contributed by atoms with Gasteiger partial charge in [-0.15, -0.1) is 24.5 Å². The van der Waals surface area contributed by atoms with Crippen molar-refractivity contribution in [2.24, 2.45) is 0 Å². The molecule has 0 saturated heterocycles. The Bertz CT molecular complexity index is 634. The topological polar surface area (TPSA) is 35.5 Å². The van der Waals surface area contributed by atoms with Crippen molar-refractivity contribution < 1.29 is 27.4 Å². The summed E-state index contributed by atoms with van der Waals surface area (Å²) in [4.78, 5) is 12.6. The highest BCUT2D eigenvalue weighted by molar-refractivity contribution is 7.17. The largest absolute Gasteiger partial charge is 0.573 e. The van der Waals surface area contributed by atoms with Gasteiger partial charge in [-0.1, -0.05) is 12.1 Å². The summed E-state index contributed by atoms with van der Waals surface area (Å²) >= 11 is 1.15. The molecule has 1 aromatic heterocycles. The number of carbonyl (C=O) groups is 1. The zero-order valence-corrected chi connectivity index (χ0v) is 11.8. The molecule has 0 spiro atoms. The molecule has 0 amide bonds. The molecule has 0 aliphatic heterocycles. The SMILES string of the molecule is CCOC(=O)c1ccc(-c2cccc(OC(F)(F)F)c2)s1. The van der Waals surface area contributed by atoms with Gasteiger partial charge in [0, 0.05) is 4.88 Å². The summed E-state index contributed by atoms with van der Waals surface area (Å²) in [6, 6.07) is 8.83. The fourth-order valence-corrected chi connectivity index (χ4v) is 2.55. The van der Waals surface area contributed by atoms with E-state index in [4.69, 9.17) is 4.74 Å². The molecule has 0 radical (unpaired) electrons.